The third kappa shape index (κ3) is 9.96. The number of H-pyrrole nitrogens is 1. The monoisotopic (exact) mass is 748 g/mol. The van der Waals surface area contributed by atoms with Crippen molar-refractivity contribution in [2.75, 3.05) is 44.7 Å². The number of piperidine rings is 1. The number of esters is 1. The van der Waals surface area contributed by atoms with E-state index in [9.17, 15) is 19.8 Å². The summed E-state index contributed by atoms with van der Waals surface area (Å²) in [6.07, 6.45) is 7.63. The summed E-state index contributed by atoms with van der Waals surface area (Å²) >= 11 is 0. The van der Waals surface area contributed by atoms with Crippen LogP contribution in [0.2, 0.25) is 0 Å². The first-order chi connectivity index (χ1) is 26.9. The number of unbranched alkanes of at least 4 members (excludes halogenated alkanes) is 3. The number of carbonyl (C=O) groups excluding carboxylic acids is 1. The predicted octanol–water partition coefficient (Wildman–Crippen LogP) is 6.66. The molecular weight excluding hydrogens is 697 g/mol. The molecule has 11 nitrogen and oxygen atoms in total. The first-order valence-corrected chi connectivity index (χ1v) is 19.6. The molecule has 5 N–H and O–H groups in total. The predicted molar refractivity (Wildman–Crippen MR) is 212 cm³/mol. The number of pyridine rings is 1. The smallest absolute Gasteiger partial charge is 0.315 e. The maximum absolute atomic E-state index is 13.7. The van der Waals surface area contributed by atoms with Crippen LogP contribution in [0.3, 0.4) is 0 Å². The second kappa shape index (κ2) is 18.5. The van der Waals surface area contributed by atoms with E-state index in [0.29, 0.717) is 42.1 Å². The van der Waals surface area contributed by atoms with Crippen LogP contribution in [0, 0.1) is 5.92 Å². The number of aromatic amines is 1. The third-order valence-corrected chi connectivity index (χ3v) is 10.9. The molecule has 290 valence electrons. The molecule has 55 heavy (non-hydrogen) atoms. The van der Waals surface area contributed by atoms with Gasteiger partial charge in [0.15, 0.2) is 0 Å². The molecule has 1 aliphatic heterocycles. The van der Waals surface area contributed by atoms with Crippen molar-refractivity contribution in [1.29, 1.82) is 0 Å². The SMILES string of the molecule is O=C(OCC1CCN(Cc2ccco2)CC1)C1c2ccccc2CC1Nc1cccc(OCCCCCCNC[C@H](O)c2ccc(O)c3[nH]c(=O)ccc23)c1. The number of nitrogens with one attached hydrogen (secondary N) is 3. The molecule has 0 amide bonds. The van der Waals surface area contributed by atoms with E-state index in [4.69, 9.17) is 13.9 Å². The number of anilines is 1. The van der Waals surface area contributed by atoms with E-state index >= 15 is 0 Å². The highest BCUT2D eigenvalue weighted by Crippen LogP contribution is 2.37. The van der Waals surface area contributed by atoms with Gasteiger partial charge in [-0.2, -0.15) is 0 Å². The number of phenols is 1. The highest BCUT2D eigenvalue weighted by Gasteiger charge is 2.39. The Bertz CT molecular complexity index is 2060. The molecule has 0 bridgehead atoms. The van der Waals surface area contributed by atoms with Gasteiger partial charge in [-0.05, 0) is 111 Å². The zero-order valence-corrected chi connectivity index (χ0v) is 31.3. The molecule has 7 rings (SSSR count). The summed E-state index contributed by atoms with van der Waals surface area (Å²) in [6, 6.07) is 26.2. The van der Waals surface area contributed by atoms with Crippen LogP contribution in [0.15, 0.2) is 100 Å². The van der Waals surface area contributed by atoms with Crippen LogP contribution in [-0.4, -0.2) is 71.5 Å². The number of aromatic nitrogens is 1. The van der Waals surface area contributed by atoms with Gasteiger partial charge >= 0.3 is 5.97 Å². The summed E-state index contributed by atoms with van der Waals surface area (Å²) in [5.41, 5.74) is 3.82. The number of hydrogen-bond donors (Lipinski definition) is 5. The average molecular weight is 749 g/mol. The summed E-state index contributed by atoms with van der Waals surface area (Å²) in [7, 11) is 0. The van der Waals surface area contributed by atoms with Crippen LogP contribution in [0.25, 0.3) is 10.9 Å². The molecule has 5 aromatic rings. The van der Waals surface area contributed by atoms with E-state index in [1.165, 1.54) is 17.7 Å². The zero-order chi connectivity index (χ0) is 38.0. The Kier molecular flexibility index (Phi) is 12.8. The average Bonchev–Trinajstić information content (AvgIpc) is 3.85. The molecular formula is C44H52N4O7. The van der Waals surface area contributed by atoms with E-state index in [2.05, 4.69) is 32.7 Å². The number of aromatic hydroxyl groups is 1. The van der Waals surface area contributed by atoms with Gasteiger partial charge in [0, 0.05) is 35.8 Å². The van der Waals surface area contributed by atoms with Crippen molar-refractivity contribution in [3.63, 3.8) is 0 Å². The molecule has 3 atom stereocenters. The molecule has 0 spiro atoms. The zero-order valence-electron chi connectivity index (χ0n) is 31.3. The first kappa shape index (κ1) is 38.2. The van der Waals surface area contributed by atoms with Gasteiger partial charge in [0.2, 0.25) is 5.56 Å². The Morgan fingerprint density at radius 1 is 0.964 bits per heavy atom. The molecule has 1 fully saturated rings. The van der Waals surface area contributed by atoms with Crippen molar-refractivity contribution in [1.82, 2.24) is 15.2 Å². The molecule has 11 heteroatoms. The van der Waals surface area contributed by atoms with Crippen molar-refractivity contribution in [2.24, 2.45) is 5.92 Å². The van der Waals surface area contributed by atoms with E-state index < -0.39 is 6.10 Å². The van der Waals surface area contributed by atoms with E-state index in [1.54, 1.807) is 18.4 Å². The summed E-state index contributed by atoms with van der Waals surface area (Å²) < 4.78 is 17.7. The fourth-order valence-corrected chi connectivity index (χ4v) is 7.93. The van der Waals surface area contributed by atoms with Crippen LogP contribution in [0.1, 0.15) is 73.0 Å². The molecule has 0 saturated carbocycles. The number of furan rings is 1. The minimum absolute atomic E-state index is 0.0201. The molecule has 3 heterocycles. The third-order valence-electron chi connectivity index (χ3n) is 10.9. The van der Waals surface area contributed by atoms with Crippen LogP contribution >= 0.6 is 0 Å². The van der Waals surface area contributed by atoms with Crippen molar-refractivity contribution < 1.29 is 28.9 Å². The number of phenolic OH excluding ortho intramolecular Hbond substituents is 1. The van der Waals surface area contributed by atoms with Gasteiger partial charge in [-0.1, -0.05) is 49.2 Å². The lowest BCUT2D eigenvalue weighted by Gasteiger charge is -2.31. The van der Waals surface area contributed by atoms with Crippen LogP contribution in [-0.2, 0) is 22.5 Å². The minimum atomic E-state index is -0.769. The second-order valence-corrected chi connectivity index (χ2v) is 14.9. The number of fused-ring (bicyclic) bond motifs is 2. The highest BCUT2D eigenvalue weighted by atomic mass is 16.5. The van der Waals surface area contributed by atoms with Gasteiger partial charge in [0.05, 0.1) is 37.6 Å². The molecule has 0 radical (unpaired) electrons. The Morgan fingerprint density at radius 3 is 2.67 bits per heavy atom. The number of rotatable bonds is 18. The van der Waals surface area contributed by atoms with Crippen LogP contribution in [0.5, 0.6) is 11.5 Å². The van der Waals surface area contributed by atoms with E-state index in [0.717, 1.165) is 93.9 Å². The number of nitrogens with zero attached hydrogens (tertiary/aromatic N) is 1. The number of aliphatic hydroxyl groups is 1. The van der Waals surface area contributed by atoms with E-state index in [-0.39, 0.29) is 29.2 Å². The minimum Gasteiger partial charge on any atom is -0.506 e. The van der Waals surface area contributed by atoms with Crippen LogP contribution in [0.4, 0.5) is 5.69 Å². The van der Waals surface area contributed by atoms with E-state index in [1.807, 2.05) is 48.5 Å². The largest absolute Gasteiger partial charge is 0.506 e. The summed E-state index contributed by atoms with van der Waals surface area (Å²) in [5, 5.41) is 28.4. The number of likely N-dealkylation sites (tertiary alicyclic amines) is 1. The molecule has 3 aromatic carbocycles. The van der Waals surface area contributed by atoms with Crippen molar-refractivity contribution in [3.8, 4) is 11.5 Å². The van der Waals surface area contributed by atoms with Crippen LogP contribution < -0.4 is 20.9 Å². The Balaban J connectivity index is 0.815. The number of benzene rings is 3. The first-order valence-electron chi connectivity index (χ1n) is 19.6. The lowest BCUT2D eigenvalue weighted by atomic mass is 9.96. The second-order valence-electron chi connectivity index (χ2n) is 14.9. The maximum Gasteiger partial charge on any atom is 0.315 e. The van der Waals surface area contributed by atoms with Gasteiger partial charge in [0.1, 0.15) is 23.2 Å². The molecule has 1 aliphatic carbocycles. The van der Waals surface area contributed by atoms with Crippen molar-refractivity contribution in [2.45, 2.75) is 69.6 Å². The number of aliphatic hydroxyl groups excluding tert-OH is 1. The molecule has 2 unspecified atom stereocenters. The van der Waals surface area contributed by atoms with Crippen molar-refractivity contribution >= 4 is 22.6 Å². The number of hydrogen-bond acceptors (Lipinski definition) is 10. The van der Waals surface area contributed by atoms with Gasteiger partial charge < -0.3 is 39.7 Å². The fourth-order valence-electron chi connectivity index (χ4n) is 7.93. The molecule has 2 aliphatic rings. The fraction of sp³-hybridized carbons (Fsp3) is 0.409. The van der Waals surface area contributed by atoms with Gasteiger partial charge in [-0.25, -0.2) is 0 Å². The van der Waals surface area contributed by atoms with Gasteiger partial charge in [-0.15, -0.1) is 0 Å². The van der Waals surface area contributed by atoms with Crippen molar-refractivity contribution in [3.05, 3.63) is 124 Å². The Hall–Kier alpha value is -5.10. The Morgan fingerprint density at radius 2 is 1.82 bits per heavy atom. The molecule has 1 saturated heterocycles. The van der Waals surface area contributed by atoms with Gasteiger partial charge in [-0.3, -0.25) is 14.5 Å². The normalized spacial score (nSPS) is 17.9. The molecule has 2 aromatic heterocycles. The lowest BCUT2D eigenvalue weighted by molar-refractivity contribution is -0.147. The standard InChI is InChI=1S/C44H52N4O7/c49-39-16-14-36(37-15-17-41(51)47-43(37)39)40(50)27-45-20-5-1-2-6-23-53-33-11-7-10-32(26-33)46-38-25-31-9-3-4-13-35(31)42(38)44(52)55-29-30-18-21-48(22-19-30)28-34-12-8-24-54-34/h3-4,7-17,24,26,30,38,40,42,45-46,49-50H,1-2,5-6,18-23,25,27-29H2,(H,47,51)/t38?,40-,42?/m0/s1. The number of carbonyl (C=O) groups is 1. The highest BCUT2D eigenvalue weighted by molar-refractivity contribution is 5.87. The summed E-state index contributed by atoms with van der Waals surface area (Å²) in [5.74, 6) is 1.57. The summed E-state index contributed by atoms with van der Waals surface area (Å²) in [6.45, 7) is 4.95. The van der Waals surface area contributed by atoms with Gasteiger partial charge in [0.25, 0.3) is 0 Å². The topological polar surface area (TPSA) is 149 Å². The lowest BCUT2D eigenvalue weighted by Crippen LogP contribution is -2.36. The quantitative estimate of drug-likeness (QED) is 0.0486. The Labute approximate surface area is 321 Å². The summed E-state index contributed by atoms with van der Waals surface area (Å²) in [4.78, 5) is 30.4. The maximum atomic E-state index is 13.7. The number of ether oxygens (including phenoxy) is 2.